The predicted octanol–water partition coefficient (Wildman–Crippen LogP) is 0.608. The first kappa shape index (κ1) is 18.2. The maximum atomic E-state index is 13.0. The van der Waals surface area contributed by atoms with Crippen molar-refractivity contribution in [2.45, 2.75) is 32.4 Å². The normalized spacial score (nSPS) is 21.5. The smallest absolute Gasteiger partial charge is 0.317 e. The number of aromatic nitrogens is 4. The minimum atomic E-state index is -0.0927. The number of carbonyl (C=O) groups is 2. The average Bonchev–Trinajstić information content (AvgIpc) is 3.21. The molecular weight excluding hydrogens is 362 g/mol. The number of urea groups is 1. The van der Waals surface area contributed by atoms with Crippen molar-refractivity contribution in [3.05, 3.63) is 29.6 Å². The lowest BCUT2D eigenvalue weighted by Crippen LogP contribution is -2.52. The lowest BCUT2D eigenvalue weighted by atomic mass is 9.99. The zero-order valence-corrected chi connectivity index (χ0v) is 16.1. The number of amides is 3. The first-order valence-electron chi connectivity index (χ1n) is 9.33. The van der Waals surface area contributed by atoms with Gasteiger partial charge in [-0.05, 0) is 26.3 Å². The van der Waals surface area contributed by atoms with Gasteiger partial charge in [0.05, 0.1) is 36.1 Å². The van der Waals surface area contributed by atoms with E-state index in [0.717, 1.165) is 6.42 Å². The summed E-state index contributed by atoms with van der Waals surface area (Å²) in [7, 11) is 1.80. The van der Waals surface area contributed by atoms with Crippen LogP contribution >= 0.6 is 0 Å². The molecule has 2 saturated heterocycles. The van der Waals surface area contributed by atoms with Gasteiger partial charge < -0.3 is 19.9 Å². The number of fused-ring (bicyclic) bond motifs is 1. The second-order valence-electron chi connectivity index (χ2n) is 6.99. The van der Waals surface area contributed by atoms with Crippen molar-refractivity contribution in [1.29, 1.82) is 0 Å². The van der Waals surface area contributed by atoms with E-state index < -0.39 is 0 Å². The number of hydrogen-bond donors (Lipinski definition) is 1. The van der Waals surface area contributed by atoms with Gasteiger partial charge in [-0.15, -0.1) is 10.2 Å². The third-order valence-electron chi connectivity index (χ3n) is 5.37. The number of rotatable bonds is 4. The van der Waals surface area contributed by atoms with Gasteiger partial charge in [0.25, 0.3) is 5.91 Å². The SMILES string of the molecule is CCOc1ccc(-n2ncc(C(=O)N3CC[C@H]4[C@@H](C3)NC(=O)N4C)c2C)nn1. The van der Waals surface area contributed by atoms with E-state index in [1.54, 1.807) is 39.9 Å². The van der Waals surface area contributed by atoms with Crippen molar-refractivity contribution in [3.63, 3.8) is 0 Å². The van der Waals surface area contributed by atoms with Crippen LogP contribution in [0.15, 0.2) is 18.3 Å². The van der Waals surface area contributed by atoms with E-state index in [4.69, 9.17) is 4.74 Å². The molecule has 2 aromatic heterocycles. The minimum Gasteiger partial charge on any atom is -0.477 e. The molecule has 10 heteroatoms. The number of nitrogens with one attached hydrogen (secondary N) is 1. The van der Waals surface area contributed by atoms with Crippen LogP contribution < -0.4 is 10.1 Å². The summed E-state index contributed by atoms with van der Waals surface area (Å²) < 4.78 is 6.89. The van der Waals surface area contributed by atoms with Crippen molar-refractivity contribution in [3.8, 4) is 11.7 Å². The second-order valence-corrected chi connectivity index (χ2v) is 6.99. The molecule has 10 nitrogen and oxygen atoms in total. The van der Waals surface area contributed by atoms with Crippen LogP contribution in [0.4, 0.5) is 4.79 Å². The number of hydrogen-bond acceptors (Lipinski definition) is 6. The molecule has 4 heterocycles. The minimum absolute atomic E-state index is 0.0393. The Labute approximate surface area is 162 Å². The molecule has 2 aliphatic rings. The number of likely N-dealkylation sites (N-methyl/N-ethyl adjacent to an activating group) is 1. The molecule has 0 saturated carbocycles. The molecule has 0 radical (unpaired) electrons. The van der Waals surface area contributed by atoms with Crippen LogP contribution in [0.2, 0.25) is 0 Å². The molecule has 0 unspecified atom stereocenters. The molecule has 2 fully saturated rings. The highest BCUT2D eigenvalue weighted by Crippen LogP contribution is 2.23. The summed E-state index contributed by atoms with van der Waals surface area (Å²) in [5.74, 6) is 0.868. The van der Waals surface area contributed by atoms with Crippen LogP contribution in [0, 0.1) is 6.92 Å². The van der Waals surface area contributed by atoms with Crippen LogP contribution in [0.25, 0.3) is 5.82 Å². The van der Waals surface area contributed by atoms with Gasteiger partial charge in [0.15, 0.2) is 5.82 Å². The molecule has 0 spiro atoms. The van der Waals surface area contributed by atoms with Crippen molar-refractivity contribution in [1.82, 2.24) is 35.1 Å². The van der Waals surface area contributed by atoms with E-state index in [-0.39, 0.29) is 24.0 Å². The maximum Gasteiger partial charge on any atom is 0.317 e. The fraction of sp³-hybridized carbons (Fsp3) is 0.500. The average molecular weight is 385 g/mol. The fourth-order valence-electron chi connectivity index (χ4n) is 3.81. The summed E-state index contributed by atoms with van der Waals surface area (Å²) in [5.41, 5.74) is 1.21. The third-order valence-corrected chi connectivity index (χ3v) is 5.37. The van der Waals surface area contributed by atoms with Crippen LogP contribution in [0.1, 0.15) is 29.4 Å². The molecule has 28 heavy (non-hydrogen) atoms. The molecule has 0 aromatic carbocycles. The van der Waals surface area contributed by atoms with Crippen LogP contribution in [-0.4, -0.2) is 80.5 Å². The molecular formula is C18H23N7O3. The summed E-state index contributed by atoms with van der Waals surface area (Å²) in [6.45, 7) is 5.32. The highest BCUT2D eigenvalue weighted by atomic mass is 16.5. The van der Waals surface area contributed by atoms with Crippen LogP contribution in [0.3, 0.4) is 0 Å². The Morgan fingerprint density at radius 3 is 2.89 bits per heavy atom. The molecule has 4 rings (SSSR count). The zero-order chi connectivity index (χ0) is 19.8. The van der Waals surface area contributed by atoms with Gasteiger partial charge in [-0.2, -0.15) is 5.10 Å². The van der Waals surface area contributed by atoms with Gasteiger partial charge in [0, 0.05) is 26.2 Å². The first-order valence-corrected chi connectivity index (χ1v) is 9.33. The van der Waals surface area contributed by atoms with E-state index >= 15 is 0 Å². The van der Waals surface area contributed by atoms with Crippen molar-refractivity contribution < 1.29 is 14.3 Å². The summed E-state index contributed by atoms with van der Waals surface area (Å²) in [6, 6.07) is 3.49. The number of piperidine rings is 1. The van der Waals surface area contributed by atoms with Crippen LogP contribution in [0.5, 0.6) is 5.88 Å². The second kappa shape index (κ2) is 7.10. The maximum absolute atomic E-state index is 13.0. The molecule has 148 valence electrons. The number of likely N-dealkylation sites (tertiary alicyclic amines) is 1. The number of carbonyl (C=O) groups excluding carboxylic acids is 2. The van der Waals surface area contributed by atoms with Gasteiger partial charge in [-0.1, -0.05) is 0 Å². The Morgan fingerprint density at radius 1 is 1.36 bits per heavy atom. The topological polar surface area (TPSA) is 105 Å². The molecule has 2 atom stereocenters. The Morgan fingerprint density at radius 2 is 2.18 bits per heavy atom. The molecule has 0 bridgehead atoms. The van der Waals surface area contributed by atoms with E-state index in [9.17, 15) is 9.59 Å². The molecule has 1 N–H and O–H groups in total. The van der Waals surface area contributed by atoms with Gasteiger partial charge in [-0.25, -0.2) is 9.48 Å². The quantitative estimate of drug-likeness (QED) is 0.827. The van der Waals surface area contributed by atoms with E-state index in [1.807, 2.05) is 13.8 Å². The van der Waals surface area contributed by atoms with Gasteiger partial charge in [0.1, 0.15) is 0 Å². The highest BCUT2D eigenvalue weighted by molar-refractivity contribution is 5.95. The lowest BCUT2D eigenvalue weighted by molar-refractivity contribution is 0.0665. The summed E-state index contributed by atoms with van der Waals surface area (Å²) >= 11 is 0. The summed E-state index contributed by atoms with van der Waals surface area (Å²) in [6.07, 6.45) is 2.31. The Kier molecular flexibility index (Phi) is 4.62. The molecule has 0 aliphatic carbocycles. The van der Waals surface area contributed by atoms with Gasteiger partial charge in [0.2, 0.25) is 5.88 Å². The van der Waals surface area contributed by atoms with Crippen molar-refractivity contribution in [2.75, 3.05) is 26.7 Å². The van der Waals surface area contributed by atoms with Gasteiger partial charge in [-0.3, -0.25) is 4.79 Å². The summed E-state index contributed by atoms with van der Waals surface area (Å²) in [4.78, 5) is 28.4. The largest absolute Gasteiger partial charge is 0.477 e. The molecule has 2 aromatic rings. The van der Waals surface area contributed by atoms with Crippen molar-refractivity contribution in [2.24, 2.45) is 0 Å². The fourth-order valence-corrected chi connectivity index (χ4v) is 3.81. The van der Waals surface area contributed by atoms with Crippen LogP contribution in [-0.2, 0) is 0 Å². The van der Waals surface area contributed by atoms with Gasteiger partial charge >= 0.3 is 6.03 Å². The van der Waals surface area contributed by atoms with E-state index in [0.29, 0.717) is 42.7 Å². The predicted molar refractivity (Wildman–Crippen MR) is 99.5 cm³/mol. The Hall–Kier alpha value is -3.17. The van der Waals surface area contributed by atoms with E-state index in [1.165, 1.54) is 0 Å². The number of nitrogens with zero attached hydrogens (tertiary/aromatic N) is 6. The highest BCUT2D eigenvalue weighted by Gasteiger charge is 2.42. The third kappa shape index (κ3) is 3.04. The lowest BCUT2D eigenvalue weighted by Gasteiger charge is -2.35. The standard InChI is InChI=1S/C18H23N7O3/c1-4-28-16-6-5-15(21-22-16)25-11(2)12(9-19-25)17(26)24-8-7-14-13(10-24)20-18(27)23(14)3/h5-6,9,13-14H,4,7-8,10H2,1-3H3,(H,20,27)/t13-,14+/m1/s1. The first-order chi connectivity index (χ1) is 13.5. The molecule has 2 aliphatic heterocycles. The number of ether oxygens (including phenoxy) is 1. The van der Waals surface area contributed by atoms with Crippen molar-refractivity contribution >= 4 is 11.9 Å². The Bertz CT molecular complexity index is 895. The monoisotopic (exact) mass is 385 g/mol. The zero-order valence-electron chi connectivity index (χ0n) is 16.1. The molecule has 3 amide bonds. The Balaban J connectivity index is 1.51. The van der Waals surface area contributed by atoms with E-state index in [2.05, 4.69) is 20.6 Å². The summed E-state index contributed by atoms with van der Waals surface area (Å²) in [5, 5.41) is 15.4.